The summed E-state index contributed by atoms with van der Waals surface area (Å²) in [5.74, 6) is 0.727. The number of rotatable bonds is 5. The molecule has 0 unspecified atom stereocenters. The molecule has 0 spiro atoms. The summed E-state index contributed by atoms with van der Waals surface area (Å²) < 4.78 is 13.7. The molecule has 32 heavy (non-hydrogen) atoms. The Bertz CT molecular complexity index is 1100. The fraction of sp³-hybridized carbons (Fsp3) is 0.333. The largest absolute Gasteiger partial charge is 0.340 e. The molecule has 3 aromatic rings. The number of nitrogens with zero attached hydrogens (tertiary/aromatic N) is 4. The van der Waals surface area contributed by atoms with E-state index in [2.05, 4.69) is 15.3 Å². The normalized spacial score (nSPS) is 16.6. The number of anilines is 2. The lowest BCUT2D eigenvalue weighted by molar-refractivity contribution is -0.137. The summed E-state index contributed by atoms with van der Waals surface area (Å²) >= 11 is 0. The third-order valence-electron chi connectivity index (χ3n) is 5.44. The van der Waals surface area contributed by atoms with Gasteiger partial charge in [0.25, 0.3) is 0 Å². The molecule has 166 valence electrons. The molecular weight excluding hydrogens is 407 g/mol. The van der Waals surface area contributed by atoms with Gasteiger partial charge in [0.1, 0.15) is 11.6 Å². The van der Waals surface area contributed by atoms with Gasteiger partial charge in [0.15, 0.2) is 5.82 Å². The van der Waals surface area contributed by atoms with Crippen molar-refractivity contribution in [3.8, 4) is 11.4 Å². The van der Waals surface area contributed by atoms with Crippen molar-refractivity contribution in [2.24, 2.45) is 5.73 Å². The van der Waals surface area contributed by atoms with E-state index in [-0.39, 0.29) is 17.6 Å². The lowest BCUT2D eigenvalue weighted by Gasteiger charge is -2.36. The van der Waals surface area contributed by atoms with E-state index < -0.39 is 5.54 Å². The molecule has 3 heterocycles. The first kappa shape index (κ1) is 21.8. The number of carbonyl (C=O) groups excluding carboxylic acids is 1. The fourth-order valence-corrected chi connectivity index (χ4v) is 3.89. The molecule has 7 nitrogen and oxygen atoms in total. The minimum absolute atomic E-state index is 0.0431. The van der Waals surface area contributed by atoms with Crippen molar-refractivity contribution >= 4 is 17.4 Å². The second kappa shape index (κ2) is 9.00. The fourth-order valence-electron chi connectivity index (χ4n) is 3.89. The quantitative estimate of drug-likeness (QED) is 0.633. The van der Waals surface area contributed by atoms with Crippen LogP contribution in [0.1, 0.15) is 38.3 Å². The van der Waals surface area contributed by atoms with Crippen LogP contribution in [0.2, 0.25) is 0 Å². The van der Waals surface area contributed by atoms with E-state index in [1.54, 1.807) is 38.4 Å². The summed E-state index contributed by atoms with van der Waals surface area (Å²) in [5, 5.41) is 3.18. The van der Waals surface area contributed by atoms with E-state index in [4.69, 9.17) is 10.7 Å². The average molecular weight is 435 g/mol. The summed E-state index contributed by atoms with van der Waals surface area (Å²) in [6, 6.07) is 11.8. The summed E-state index contributed by atoms with van der Waals surface area (Å²) in [4.78, 5) is 28.2. The van der Waals surface area contributed by atoms with Gasteiger partial charge in [0, 0.05) is 48.7 Å². The van der Waals surface area contributed by atoms with E-state index in [1.807, 2.05) is 23.1 Å². The van der Waals surface area contributed by atoms with Gasteiger partial charge in [0.2, 0.25) is 5.91 Å². The molecule has 0 bridgehead atoms. The van der Waals surface area contributed by atoms with Crippen LogP contribution in [0.25, 0.3) is 11.4 Å². The molecule has 1 amide bonds. The Morgan fingerprint density at radius 1 is 1.22 bits per heavy atom. The number of piperidine rings is 1. The van der Waals surface area contributed by atoms with Crippen LogP contribution in [0.4, 0.5) is 15.9 Å². The molecule has 0 radical (unpaired) electrons. The predicted molar refractivity (Wildman–Crippen MR) is 122 cm³/mol. The number of nitrogens with one attached hydrogen (secondary N) is 1. The van der Waals surface area contributed by atoms with Gasteiger partial charge in [-0.15, -0.1) is 0 Å². The lowest BCUT2D eigenvalue weighted by Crippen LogP contribution is -2.53. The highest BCUT2D eigenvalue weighted by atomic mass is 19.1. The van der Waals surface area contributed by atoms with Crippen molar-refractivity contribution in [3.63, 3.8) is 0 Å². The number of hydrogen-bond donors (Lipinski definition) is 2. The Morgan fingerprint density at radius 3 is 2.78 bits per heavy atom. The van der Waals surface area contributed by atoms with Gasteiger partial charge < -0.3 is 16.0 Å². The Kier molecular flexibility index (Phi) is 6.14. The van der Waals surface area contributed by atoms with E-state index in [0.717, 1.165) is 24.1 Å². The molecule has 0 saturated carbocycles. The van der Waals surface area contributed by atoms with Crippen LogP contribution in [0.3, 0.4) is 0 Å². The smallest absolute Gasteiger partial charge is 0.242 e. The molecular formula is C24H27FN6O. The Labute approximate surface area is 186 Å². The van der Waals surface area contributed by atoms with E-state index in [0.29, 0.717) is 30.4 Å². The standard InChI is InChI=1S/C24H27FN6O/c1-24(2,26)23(32)31-11-5-7-17(15-31)20-13-21(28-19-9-3-8-18(25)12-19)30-22(29-20)16-6-4-10-27-14-16/h3-4,6,8-10,12-14,17H,5,7,11,15,26H2,1-2H3,(H,28,29,30)/t17-/m1/s1. The van der Waals surface area contributed by atoms with E-state index in [9.17, 15) is 9.18 Å². The van der Waals surface area contributed by atoms with Crippen molar-refractivity contribution in [2.75, 3.05) is 18.4 Å². The maximum atomic E-state index is 13.7. The topological polar surface area (TPSA) is 97.0 Å². The van der Waals surface area contributed by atoms with Gasteiger partial charge >= 0.3 is 0 Å². The summed E-state index contributed by atoms with van der Waals surface area (Å²) in [6.07, 6.45) is 5.17. The predicted octanol–water partition coefficient (Wildman–Crippen LogP) is 3.86. The highest BCUT2D eigenvalue weighted by Gasteiger charge is 2.32. The zero-order valence-electron chi connectivity index (χ0n) is 18.3. The van der Waals surface area contributed by atoms with Crippen LogP contribution in [-0.2, 0) is 4.79 Å². The van der Waals surface area contributed by atoms with Crippen LogP contribution in [0.5, 0.6) is 0 Å². The van der Waals surface area contributed by atoms with Gasteiger partial charge in [-0.05, 0) is 57.0 Å². The molecule has 8 heteroatoms. The molecule has 3 N–H and O–H groups in total. The van der Waals surface area contributed by atoms with Gasteiger partial charge in [-0.2, -0.15) is 0 Å². The first-order valence-corrected chi connectivity index (χ1v) is 10.7. The maximum absolute atomic E-state index is 13.7. The second-order valence-electron chi connectivity index (χ2n) is 8.69. The third kappa shape index (κ3) is 5.08. The molecule has 1 fully saturated rings. The number of likely N-dealkylation sites (tertiary alicyclic amines) is 1. The minimum atomic E-state index is -0.918. The Morgan fingerprint density at radius 2 is 2.06 bits per heavy atom. The van der Waals surface area contributed by atoms with Crippen molar-refractivity contribution in [2.45, 2.75) is 38.1 Å². The number of aromatic nitrogens is 3. The van der Waals surface area contributed by atoms with Gasteiger partial charge in [0.05, 0.1) is 11.2 Å². The molecule has 0 aliphatic carbocycles. The minimum Gasteiger partial charge on any atom is -0.340 e. The molecule has 1 aliphatic rings. The number of halogens is 1. The number of benzene rings is 1. The van der Waals surface area contributed by atoms with Crippen molar-refractivity contribution in [1.82, 2.24) is 19.9 Å². The summed E-state index contributed by atoms with van der Waals surface area (Å²) in [7, 11) is 0. The van der Waals surface area contributed by atoms with Crippen molar-refractivity contribution in [1.29, 1.82) is 0 Å². The van der Waals surface area contributed by atoms with Gasteiger partial charge in [-0.3, -0.25) is 9.78 Å². The first-order valence-electron chi connectivity index (χ1n) is 10.7. The number of amides is 1. The van der Waals surface area contributed by atoms with Gasteiger partial charge in [-0.1, -0.05) is 6.07 Å². The van der Waals surface area contributed by atoms with Crippen LogP contribution in [0.15, 0.2) is 54.9 Å². The Balaban J connectivity index is 1.68. The summed E-state index contributed by atoms with van der Waals surface area (Å²) in [5.41, 5.74) is 7.33. The van der Waals surface area contributed by atoms with Crippen molar-refractivity contribution < 1.29 is 9.18 Å². The zero-order chi connectivity index (χ0) is 22.7. The Hall–Kier alpha value is -3.39. The van der Waals surface area contributed by atoms with Crippen LogP contribution >= 0.6 is 0 Å². The van der Waals surface area contributed by atoms with Crippen LogP contribution in [-0.4, -0.2) is 44.4 Å². The molecule has 1 saturated heterocycles. The molecule has 1 aromatic carbocycles. The van der Waals surface area contributed by atoms with E-state index >= 15 is 0 Å². The number of carbonyl (C=O) groups is 1. The molecule has 1 atom stereocenters. The molecule has 2 aromatic heterocycles. The molecule has 1 aliphatic heterocycles. The van der Waals surface area contributed by atoms with Gasteiger partial charge in [-0.25, -0.2) is 14.4 Å². The monoisotopic (exact) mass is 434 g/mol. The lowest BCUT2D eigenvalue weighted by atomic mass is 9.92. The van der Waals surface area contributed by atoms with E-state index in [1.165, 1.54) is 12.1 Å². The first-order chi connectivity index (χ1) is 15.3. The SMILES string of the molecule is CC(C)(N)C(=O)N1CCC[C@@H](c2cc(Nc3cccc(F)c3)nc(-c3cccnc3)n2)C1. The highest BCUT2D eigenvalue weighted by Crippen LogP contribution is 2.30. The number of hydrogen-bond acceptors (Lipinski definition) is 6. The zero-order valence-corrected chi connectivity index (χ0v) is 18.3. The highest BCUT2D eigenvalue weighted by molar-refractivity contribution is 5.85. The van der Waals surface area contributed by atoms with Crippen molar-refractivity contribution in [3.05, 3.63) is 66.4 Å². The number of nitrogens with two attached hydrogens (primary N) is 1. The summed E-state index contributed by atoms with van der Waals surface area (Å²) in [6.45, 7) is 4.68. The van der Waals surface area contributed by atoms with Crippen LogP contribution < -0.4 is 11.1 Å². The molecule has 4 rings (SSSR count). The number of pyridine rings is 1. The second-order valence-corrected chi connectivity index (χ2v) is 8.69. The van der Waals surface area contributed by atoms with Crippen LogP contribution in [0, 0.1) is 5.82 Å². The average Bonchev–Trinajstić information content (AvgIpc) is 2.78. The third-order valence-corrected chi connectivity index (χ3v) is 5.44. The maximum Gasteiger partial charge on any atom is 0.242 e.